The molecule has 0 bridgehead atoms. The van der Waals surface area contributed by atoms with Gasteiger partial charge in [-0.2, -0.15) is 0 Å². The van der Waals surface area contributed by atoms with Crippen LogP contribution in [0, 0.1) is 0 Å². The largest absolute Gasteiger partial charge is 0.543 e. The maximum Gasteiger partial charge on any atom is 0.258 e. The van der Waals surface area contributed by atoms with Crippen LogP contribution in [0.1, 0.15) is 137 Å². The lowest BCUT2D eigenvalue weighted by atomic mass is 10.0. The average Bonchev–Trinajstić information content (AvgIpc) is 2.38. The van der Waals surface area contributed by atoms with Gasteiger partial charge < -0.3 is 43.1 Å². The number of carbonyl (C=O) groups is 2. The summed E-state index contributed by atoms with van der Waals surface area (Å²) in [5.41, 5.74) is 7.33. The molecule has 0 amide bonds. The second-order valence-electron chi connectivity index (χ2n) is 24.1. The van der Waals surface area contributed by atoms with Crippen molar-refractivity contribution in [3.05, 3.63) is 228 Å². The van der Waals surface area contributed by atoms with Gasteiger partial charge in [-0.3, -0.25) is 9.59 Å². The number of thioether (sulfide) groups is 2. The number of hydrogen-bond donors (Lipinski definition) is 3. The Morgan fingerprint density at radius 2 is 0.719 bits per heavy atom. The molecule has 0 aliphatic rings. The van der Waals surface area contributed by atoms with E-state index in [9.17, 15) is 24.9 Å². The van der Waals surface area contributed by atoms with Gasteiger partial charge in [0.1, 0.15) is 59.2 Å². The van der Waals surface area contributed by atoms with Crippen LogP contribution in [0.5, 0.6) is 46.0 Å². The number of ether oxygens (including phenoxy) is 4. The minimum absolute atomic E-state index is 0.0422. The number of carbonyl (C=O) groups excluding carboxylic acids is 2. The van der Waals surface area contributed by atoms with Crippen molar-refractivity contribution in [2.45, 2.75) is 150 Å². The van der Waals surface area contributed by atoms with E-state index >= 15 is 0 Å². The molecule has 0 aromatic heterocycles. The second-order valence-corrected chi connectivity index (χ2v) is 37.2. The highest BCUT2D eigenvalue weighted by Crippen LogP contribution is 2.48. The fraction of sp³-hybridized carbons (Fsp3) is 0.324. The molecule has 0 heterocycles. The molecule has 0 aliphatic heterocycles. The molecule has 0 spiro atoms. The van der Waals surface area contributed by atoms with Gasteiger partial charge in [0.05, 0.1) is 20.3 Å². The molecule has 0 radical (unpaired) electrons. The molecule has 89 heavy (non-hydrogen) atoms. The first-order valence-electron chi connectivity index (χ1n) is 30.6. The Morgan fingerprint density at radius 3 is 1.04 bits per heavy atom. The van der Waals surface area contributed by atoms with Crippen molar-refractivity contribution in [3.63, 3.8) is 0 Å². The summed E-state index contributed by atoms with van der Waals surface area (Å²) in [5, 5.41) is 30.5. The molecule has 0 saturated carbocycles. The van der Waals surface area contributed by atoms with Crippen LogP contribution in [0.25, 0.3) is 0 Å². The summed E-state index contributed by atoms with van der Waals surface area (Å²) in [6, 6.07) is 59.1. The Bertz CT molecular complexity index is 3450. The van der Waals surface area contributed by atoms with Gasteiger partial charge in [-0.05, 0) is 153 Å². The average molecular weight is 1270 g/mol. The summed E-state index contributed by atoms with van der Waals surface area (Å²) in [6.45, 7) is 28.0. The van der Waals surface area contributed by atoms with Gasteiger partial charge in [-0.1, -0.05) is 168 Å². The van der Waals surface area contributed by atoms with E-state index in [1.807, 2.05) is 115 Å². The number of Topliss-reactive ketones (excluding diaryl/α,β-unsaturated/α-hetero) is 2. The SMILES string of the molecule is CC(C)[Si](Oc1ccc(C(Sc2ccc(OCc3ccccc3)cc2O)C(=O)c2ccc(O)cc2)cc1)(C(C)C)C(C)C.COCOc1ccc(C(=O)C(Sc2ccc(OCc3ccccc3)cc2O)c2ccc(O[Si](C(C)C)(C(C)C)C(C)C)cc2)cc1. The molecule has 8 rings (SSSR count). The first-order valence-corrected chi connectivity index (χ1v) is 36.6. The summed E-state index contributed by atoms with van der Waals surface area (Å²) in [6.07, 6.45) is 0. The first kappa shape index (κ1) is 69.1. The molecule has 2 atom stereocenters. The number of phenols is 3. The summed E-state index contributed by atoms with van der Waals surface area (Å²) in [5.74, 6) is 3.32. The van der Waals surface area contributed by atoms with E-state index in [1.54, 1.807) is 73.8 Å². The van der Waals surface area contributed by atoms with Gasteiger partial charge >= 0.3 is 0 Å². The summed E-state index contributed by atoms with van der Waals surface area (Å²) >= 11 is 2.59. The second kappa shape index (κ2) is 32.4. The van der Waals surface area contributed by atoms with Gasteiger partial charge in [-0.15, -0.1) is 23.5 Å². The standard InChI is InChI=1S/C38H46O6SSi.C36H42O5SSi/c1-26(2)46(27(3)4,28(5)6)44-33-19-15-31(16-20-33)38(37(40)30-13-17-32(18-14-30)43-25-41-7)45-36-22-21-34(23-35(36)39)42-24-29-11-9-8-10-12-29;1-24(2)43(25(3)4,26(5)6)41-31-18-14-29(15-19-31)36(35(39)28-12-16-30(37)17-13-28)42-34-21-20-32(22-33(34)38)40-23-27-10-8-7-9-11-27/h8-23,26-28,38-39H,24-25H2,1-7H3;7-22,24-26,36-38H,23H2,1-6H3. The number of hydrogen-bond acceptors (Lipinski definition) is 13. The maximum atomic E-state index is 14.1. The van der Waals surface area contributed by atoms with Crippen LogP contribution in [-0.4, -0.2) is 57.4 Å². The number of aromatic hydroxyl groups is 3. The van der Waals surface area contributed by atoms with E-state index in [0.717, 1.165) is 33.8 Å². The molecule has 0 fully saturated rings. The lowest BCUT2D eigenvalue weighted by molar-refractivity contribution is 0.0511. The first-order chi connectivity index (χ1) is 42.5. The molecule has 3 N–H and O–H groups in total. The minimum Gasteiger partial charge on any atom is -0.543 e. The van der Waals surface area contributed by atoms with Gasteiger partial charge in [0.2, 0.25) is 0 Å². The van der Waals surface area contributed by atoms with Crippen LogP contribution in [0.4, 0.5) is 0 Å². The van der Waals surface area contributed by atoms with Crippen LogP contribution in [0.15, 0.2) is 204 Å². The zero-order chi connectivity index (χ0) is 64.4. The molecule has 470 valence electrons. The fourth-order valence-corrected chi connectivity index (χ4v) is 24.7. The third kappa shape index (κ3) is 17.9. The molecule has 0 saturated heterocycles. The third-order valence-corrected chi connectivity index (χ3v) is 31.0. The maximum absolute atomic E-state index is 14.1. The zero-order valence-corrected chi connectivity index (χ0v) is 57.3. The Hall–Kier alpha value is -7.41. The van der Waals surface area contributed by atoms with Gasteiger partial charge in [0.25, 0.3) is 16.6 Å². The number of phenolic OH excluding ortho intramolecular Hbond substituents is 3. The van der Waals surface area contributed by atoms with E-state index < -0.39 is 27.1 Å². The van der Waals surface area contributed by atoms with Crippen LogP contribution in [0.2, 0.25) is 33.2 Å². The molecule has 8 aromatic carbocycles. The van der Waals surface area contributed by atoms with Crippen molar-refractivity contribution < 1.29 is 52.7 Å². The highest BCUT2D eigenvalue weighted by Gasteiger charge is 2.48. The van der Waals surface area contributed by atoms with Crippen molar-refractivity contribution >= 4 is 51.7 Å². The minimum atomic E-state index is -2.14. The Balaban J connectivity index is 0.000000254. The van der Waals surface area contributed by atoms with Crippen molar-refractivity contribution in [2.24, 2.45) is 0 Å². The van der Waals surface area contributed by atoms with Crippen LogP contribution < -0.4 is 23.1 Å². The van der Waals surface area contributed by atoms with Crippen molar-refractivity contribution in [2.75, 3.05) is 13.9 Å². The molecule has 15 heteroatoms. The monoisotopic (exact) mass is 1270 g/mol. The Kier molecular flexibility index (Phi) is 25.1. The Morgan fingerprint density at radius 1 is 0.393 bits per heavy atom. The third-order valence-electron chi connectivity index (χ3n) is 16.3. The van der Waals surface area contributed by atoms with E-state index in [1.165, 1.54) is 35.7 Å². The fourth-order valence-electron chi connectivity index (χ4n) is 12.0. The lowest BCUT2D eigenvalue weighted by Gasteiger charge is -2.42. The molecule has 0 aliphatic carbocycles. The molecular weight excluding hydrogens is 1190 g/mol. The summed E-state index contributed by atoms with van der Waals surface area (Å²) in [4.78, 5) is 29.1. The van der Waals surface area contributed by atoms with Crippen molar-refractivity contribution in [3.8, 4) is 46.0 Å². The zero-order valence-electron chi connectivity index (χ0n) is 53.6. The van der Waals surface area contributed by atoms with Gasteiger partial charge in [0, 0.05) is 30.4 Å². The highest BCUT2D eigenvalue weighted by molar-refractivity contribution is 8.00. The van der Waals surface area contributed by atoms with E-state index in [2.05, 4.69) is 83.1 Å². The quantitative estimate of drug-likeness (QED) is 0.0177. The predicted octanol–water partition coefficient (Wildman–Crippen LogP) is 20.2. The Labute approximate surface area is 538 Å². The van der Waals surface area contributed by atoms with Gasteiger partial charge in [0.15, 0.2) is 18.4 Å². The lowest BCUT2D eigenvalue weighted by Crippen LogP contribution is -2.50. The van der Waals surface area contributed by atoms with E-state index in [0.29, 0.717) is 84.6 Å². The predicted molar refractivity (Wildman–Crippen MR) is 367 cm³/mol. The summed E-state index contributed by atoms with van der Waals surface area (Å²) < 4.78 is 36.0. The van der Waals surface area contributed by atoms with E-state index in [4.69, 9.17) is 27.8 Å². The van der Waals surface area contributed by atoms with Crippen molar-refractivity contribution in [1.29, 1.82) is 0 Å². The van der Waals surface area contributed by atoms with Crippen LogP contribution >= 0.6 is 23.5 Å². The molecule has 2 unspecified atom stereocenters. The van der Waals surface area contributed by atoms with Crippen molar-refractivity contribution in [1.82, 2.24) is 0 Å². The van der Waals surface area contributed by atoms with Gasteiger partial charge in [-0.25, -0.2) is 0 Å². The number of methoxy groups -OCH3 is 1. The van der Waals surface area contributed by atoms with Crippen LogP contribution in [-0.2, 0) is 18.0 Å². The highest BCUT2D eigenvalue weighted by atomic mass is 32.2. The number of ketones is 2. The molecular formula is C74H88O11S2Si2. The topological polar surface area (TPSA) is 150 Å². The van der Waals surface area contributed by atoms with Crippen LogP contribution in [0.3, 0.4) is 0 Å². The summed E-state index contributed by atoms with van der Waals surface area (Å²) in [7, 11) is -2.72. The normalized spacial score (nSPS) is 12.4. The molecule has 11 nitrogen and oxygen atoms in total. The smallest absolute Gasteiger partial charge is 0.258 e. The number of rotatable bonds is 29. The number of benzene rings is 8. The van der Waals surface area contributed by atoms with E-state index in [-0.39, 0.29) is 35.6 Å². The molecule has 8 aromatic rings.